The SMILES string of the molecule is O=C(Cc1ccc(Cl)cc1)NN=C1c2ccccc2-c2ccccc21. The van der Waals surface area contributed by atoms with Crippen LogP contribution in [0.2, 0.25) is 5.02 Å². The molecule has 4 rings (SSSR count). The van der Waals surface area contributed by atoms with E-state index in [0.717, 1.165) is 33.5 Å². The van der Waals surface area contributed by atoms with Gasteiger partial charge in [0.15, 0.2) is 0 Å². The van der Waals surface area contributed by atoms with Crippen LogP contribution in [-0.4, -0.2) is 11.6 Å². The third-order valence-electron chi connectivity index (χ3n) is 4.22. The Hall–Kier alpha value is -2.91. The van der Waals surface area contributed by atoms with Crippen molar-refractivity contribution < 1.29 is 4.79 Å². The Bertz CT molecular complexity index is 930. The summed E-state index contributed by atoms with van der Waals surface area (Å²) >= 11 is 5.87. The Kier molecular flexibility index (Phi) is 4.08. The summed E-state index contributed by atoms with van der Waals surface area (Å²) in [6, 6.07) is 23.4. The molecule has 25 heavy (non-hydrogen) atoms. The van der Waals surface area contributed by atoms with Crippen LogP contribution >= 0.6 is 11.6 Å². The molecule has 3 aromatic rings. The molecule has 0 aliphatic heterocycles. The lowest BCUT2D eigenvalue weighted by atomic mass is 10.1. The molecule has 0 aromatic heterocycles. The number of carbonyl (C=O) groups is 1. The van der Waals surface area contributed by atoms with Crippen molar-refractivity contribution in [1.82, 2.24) is 5.43 Å². The number of amides is 1. The molecule has 3 aromatic carbocycles. The number of hydrazone groups is 1. The van der Waals surface area contributed by atoms with Crippen LogP contribution in [0.1, 0.15) is 16.7 Å². The second kappa shape index (κ2) is 6.54. The first-order chi connectivity index (χ1) is 12.2. The van der Waals surface area contributed by atoms with Crippen LogP contribution < -0.4 is 5.43 Å². The summed E-state index contributed by atoms with van der Waals surface area (Å²) in [5, 5.41) is 5.07. The fraction of sp³-hybridized carbons (Fsp3) is 0.0476. The Morgan fingerprint density at radius 2 is 1.32 bits per heavy atom. The van der Waals surface area contributed by atoms with Crippen molar-refractivity contribution in [3.8, 4) is 11.1 Å². The van der Waals surface area contributed by atoms with Crippen molar-refractivity contribution in [3.63, 3.8) is 0 Å². The lowest BCUT2D eigenvalue weighted by Crippen LogP contribution is -2.21. The van der Waals surface area contributed by atoms with E-state index in [-0.39, 0.29) is 12.3 Å². The van der Waals surface area contributed by atoms with Gasteiger partial charge in [-0.05, 0) is 28.8 Å². The number of nitrogens with zero attached hydrogens (tertiary/aromatic N) is 1. The van der Waals surface area contributed by atoms with Crippen LogP contribution in [0.3, 0.4) is 0 Å². The van der Waals surface area contributed by atoms with Gasteiger partial charge in [-0.15, -0.1) is 0 Å². The molecule has 4 heteroatoms. The summed E-state index contributed by atoms with van der Waals surface area (Å²) in [5.74, 6) is -0.156. The second-order valence-corrected chi connectivity index (χ2v) is 6.33. The van der Waals surface area contributed by atoms with Crippen LogP contribution in [-0.2, 0) is 11.2 Å². The van der Waals surface area contributed by atoms with Gasteiger partial charge < -0.3 is 0 Å². The van der Waals surface area contributed by atoms with Gasteiger partial charge in [-0.1, -0.05) is 72.3 Å². The van der Waals surface area contributed by atoms with Gasteiger partial charge in [0.25, 0.3) is 0 Å². The number of rotatable bonds is 3. The summed E-state index contributed by atoms with van der Waals surface area (Å²) in [7, 11) is 0. The number of carbonyl (C=O) groups excluding carboxylic acids is 1. The minimum Gasteiger partial charge on any atom is -0.273 e. The normalized spacial score (nSPS) is 11.6. The molecule has 0 spiro atoms. The van der Waals surface area contributed by atoms with Crippen LogP contribution in [0.4, 0.5) is 0 Å². The van der Waals surface area contributed by atoms with Crippen molar-refractivity contribution in [2.45, 2.75) is 6.42 Å². The zero-order valence-corrected chi connectivity index (χ0v) is 14.1. The predicted octanol–water partition coefficient (Wildman–Crippen LogP) is 4.43. The summed E-state index contributed by atoms with van der Waals surface area (Å²) in [4.78, 5) is 12.2. The van der Waals surface area contributed by atoms with Crippen molar-refractivity contribution in [2.24, 2.45) is 5.10 Å². The molecule has 0 heterocycles. The van der Waals surface area contributed by atoms with Gasteiger partial charge >= 0.3 is 0 Å². The number of nitrogens with one attached hydrogen (secondary N) is 1. The highest BCUT2D eigenvalue weighted by atomic mass is 35.5. The van der Waals surface area contributed by atoms with E-state index in [0.29, 0.717) is 5.02 Å². The van der Waals surface area contributed by atoms with Gasteiger partial charge in [0, 0.05) is 16.1 Å². The minimum atomic E-state index is -0.156. The van der Waals surface area contributed by atoms with Gasteiger partial charge in [0.1, 0.15) is 0 Å². The average molecular weight is 347 g/mol. The quantitative estimate of drug-likeness (QED) is 0.548. The standard InChI is InChI=1S/C21H15ClN2O/c22-15-11-9-14(10-12-15)13-20(25)23-24-21-18-7-3-1-5-16(18)17-6-2-4-8-19(17)21/h1-12H,13H2,(H,23,25). The molecule has 3 nitrogen and oxygen atoms in total. The van der Waals surface area contributed by atoms with E-state index in [1.165, 1.54) is 0 Å². The average Bonchev–Trinajstić information content (AvgIpc) is 2.96. The van der Waals surface area contributed by atoms with E-state index in [9.17, 15) is 4.79 Å². The van der Waals surface area contributed by atoms with E-state index in [2.05, 4.69) is 22.7 Å². The summed E-state index contributed by atoms with van der Waals surface area (Å²) in [5.41, 5.74) is 8.74. The third-order valence-corrected chi connectivity index (χ3v) is 4.48. The maximum absolute atomic E-state index is 12.2. The molecule has 0 radical (unpaired) electrons. The molecule has 0 saturated carbocycles. The maximum Gasteiger partial charge on any atom is 0.244 e. The molecular weight excluding hydrogens is 332 g/mol. The van der Waals surface area contributed by atoms with E-state index in [1.807, 2.05) is 48.5 Å². The first-order valence-electron chi connectivity index (χ1n) is 8.02. The topological polar surface area (TPSA) is 41.5 Å². The highest BCUT2D eigenvalue weighted by Crippen LogP contribution is 2.36. The number of hydrogen-bond donors (Lipinski definition) is 1. The molecule has 0 fully saturated rings. The fourth-order valence-corrected chi connectivity index (χ4v) is 3.19. The smallest absolute Gasteiger partial charge is 0.244 e. The molecule has 0 atom stereocenters. The number of halogens is 1. The zero-order valence-electron chi connectivity index (χ0n) is 13.4. The monoisotopic (exact) mass is 346 g/mol. The minimum absolute atomic E-state index is 0.156. The molecular formula is C21H15ClN2O. The molecule has 1 aliphatic carbocycles. The third kappa shape index (κ3) is 3.06. The Morgan fingerprint density at radius 1 is 0.800 bits per heavy atom. The second-order valence-electron chi connectivity index (χ2n) is 5.89. The molecule has 1 aliphatic rings. The number of benzene rings is 3. The van der Waals surface area contributed by atoms with Gasteiger partial charge in [0.2, 0.25) is 5.91 Å². The van der Waals surface area contributed by atoms with Crippen molar-refractivity contribution in [2.75, 3.05) is 0 Å². The highest BCUT2D eigenvalue weighted by molar-refractivity contribution is 6.30. The Labute approximate surface area is 151 Å². The first-order valence-corrected chi connectivity index (χ1v) is 8.40. The summed E-state index contributed by atoms with van der Waals surface area (Å²) in [6.07, 6.45) is 0.261. The van der Waals surface area contributed by atoms with Gasteiger partial charge in [0.05, 0.1) is 12.1 Å². The van der Waals surface area contributed by atoms with E-state index >= 15 is 0 Å². The Balaban J connectivity index is 1.59. The molecule has 1 amide bonds. The Morgan fingerprint density at radius 3 is 1.88 bits per heavy atom. The van der Waals surface area contributed by atoms with Gasteiger partial charge in [-0.2, -0.15) is 5.10 Å². The molecule has 0 bridgehead atoms. The van der Waals surface area contributed by atoms with Gasteiger partial charge in [-0.3, -0.25) is 4.79 Å². The van der Waals surface area contributed by atoms with Crippen LogP contribution in [0.15, 0.2) is 77.9 Å². The number of hydrogen-bond acceptors (Lipinski definition) is 2. The summed E-state index contributed by atoms with van der Waals surface area (Å²) in [6.45, 7) is 0. The van der Waals surface area contributed by atoms with Crippen molar-refractivity contribution in [3.05, 3.63) is 94.5 Å². The lowest BCUT2D eigenvalue weighted by Gasteiger charge is -2.04. The predicted molar refractivity (Wildman–Crippen MR) is 101 cm³/mol. The highest BCUT2D eigenvalue weighted by Gasteiger charge is 2.24. The van der Waals surface area contributed by atoms with Crippen LogP contribution in [0.5, 0.6) is 0 Å². The largest absolute Gasteiger partial charge is 0.273 e. The zero-order chi connectivity index (χ0) is 17.2. The van der Waals surface area contributed by atoms with E-state index < -0.39 is 0 Å². The van der Waals surface area contributed by atoms with E-state index in [1.54, 1.807) is 12.1 Å². The van der Waals surface area contributed by atoms with Crippen LogP contribution in [0.25, 0.3) is 11.1 Å². The number of fused-ring (bicyclic) bond motifs is 3. The molecule has 0 unspecified atom stereocenters. The summed E-state index contributed by atoms with van der Waals surface area (Å²) < 4.78 is 0. The van der Waals surface area contributed by atoms with Crippen LogP contribution in [0, 0.1) is 0 Å². The molecule has 122 valence electrons. The first kappa shape index (κ1) is 15.6. The van der Waals surface area contributed by atoms with Crippen molar-refractivity contribution in [1.29, 1.82) is 0 Å². The van der Waals surface area contributed by atoms with Gasteiger partial charge in [-0.25, -0.2) is 5.43 Å². The van der Waals surface area contributed by atoms with Crippen molar-refractivity contribution >= 4 is 23.2 Å². The maximum atomic E-state index is 12.2. The lowest BCUT2D eigenvalue weighted by molar-refractivity contribution is -0.120. The van der Waals surface area contributed by atoms with E-state index in [4.69, 9.17) is 11.6 Å². The molecule has 1 N–H and O–H groups in total. The fourth-order valence-electron chi connectivity index (χ4n) is 3.06. The molecule has 0 saturated heterocycles.